The highest BCUT2D eigenvalue weighted by Crippen LogP contribution is 2.35. The maximum Gasteiger partial charge on any atom is 0.0705 e. The Hall–Kier alpha value is -1.63. The van der Waals surface area contributed by atoms with Crippen molar-refractivity contribution in [2.75, 3.05) is 0 Å². The molecule has 1 nitrogen and oxygen atoms in total. The highest BCUT2D eigenvalue weighted by molar-refractivity contribution is 5.61. The van der Waals surface area contributed by atoms with E-state index < -0.39 is 0 Å². The van der Waals surface area contributed by atoms with Crippen molar-refractivity contribution < 1.29 is 0 Å². The molecule has 0 bridgehead atoms. The van der Waals surface area contributed by atoms with Crippen molar-refractivity contribution >= 4 is 0 Å². The van der Waals surface area contributed by atoms with Crippen molar-refractivity contribution in [3.05, 3.63) is 53.2 Å². The minimum absolute atomic E-state index is 0.113. The molecule has 0 aliphatic carbocycles. The lowest BCUT2D eigenvalue weighted by Gasteiger charge is -2.30. The van der Waals surface area contributed by atoms with Gasteiger partial charge in [0.05, 0.1) is 5.69 Å². The molecule has 1 aromatic carbocycles. The van der Waals surface area contributed by atoms with Crippen LogP contribution in [0, 0.1) is 6.92 Å². The van der Waals surface area contributed by atoms with Crippen molar-refractivity contribution in [2.24, 2.45) is 0 Å². The summed E-state index contributed by atoms with van der Waals surface area (Å²) in [6.45, 7) is 15.7. The van der Waals surface area contributed by atoms with Crippen LogP contribution in [0.1, 0.15) is 58.2 Å². The number of hydrogen-bond acceptors (Lipinski definition) is 1. The average Bonchev–Trinajstić information content (AvgIpc) is 2.37. The van der Waals surface area contributed by atoms with Gasteiger partial charge < -0.3 is 0 Å². The van der Waals surface area contributed by atoms with Crippen LogP contribution in [0.15, 0.2) is 36.5 Å². The Kier molecular flexibility index (Phi) is 3.97. The molecule has 0 fully saturated rings. The summed E-state index contributed by atoms with van der Waals surface area (Å²) in [4.78, 5) is 4.72. The maximum absolute atomic E-state index is 4.72. The zero-order valence-electron chi connectivity index (χ0n) is 14.4. The molecule has 0 amide bonds. The lowest BCUT2D eigenvalue weighted by atomic mass is 9.76. The Labute approximate surface area is 129 Å². The van der Waals surface area contributed by atoms with Gasteiger partial charge in [-0.2, -0.15) is 0 Å². The minimum atomic E-state index is 0.113. The van der Waals surface area contributed by atoms with Gasteiger partial charge in [-0.3, -0.25) is 4.98 Å². The van der Waals surface area contributed by atoms with Crippen LogP contribution in [0.5, 0.6) is 0 Å². The Morgan fingerprint density at radius 2 is 1.29 bits per heavy atom. The topological polar surface area (TPSA) is 12.9 Å². The second-order valence-electron chi connectivity index (χ2n) is 7.98. The van der Waals surface area contributed by atoms with Gasteiger partial charge in [0.15, 0.2) is 0 Å². The third-order valence-corrected chi connectivity index (χ3v) is 3.87. The van der Waals surface area contributed by atoms with Gasteiger partial charge in [0.25, 0.3) is 0 Å². The molecule has 1 heteroatoms. The maximum atomic E-state index is 4.72. The highest BCUT2D eigenvalue weighted by atomic mass is 14.7. The largest absolute Gasteiger partial charge is 0.256 e. The highest BCUT2D eigenvalue weighted by Gasteiger charge is 2.25. The van der Waals surface area contributed by atoms with Crippen LogP contribution in [-0.4, -0.2) is 4.98 Å². The lowest BCUT2D eigenvalue weighted by Crippen LogP contribution is -2.22. The third kappa shape index (κ3) is 3.53. The Morgan fingerprint density at radius 1 is 0.762 bits per heavy atom. The summed E-state index contributed by atoms with van der Waals surface area (Å²) in [6.07, 6.45) is 2.07. The summed E-state index contributed by atoms with van der Waals surface area (Å²) in [6, 6.07) is 10.9. The van der Waals surface area contributed by atoms with E-state index in [0.29, 0.717) is 0 Å². The van der Waals surface area contributed by atoms with E-state index in [1.165, 1.54) is 22.3 Å². The molecule has 0 saturated heterocycles. The Morgan fingerprint density at radius 3 is 1.76 bits per heavy atom. The number of nitrogens with zero attached hydrogens (tertiary/aromatic N) is 1. The van der Waals surface area contributed by atoms with Gasteiger partial charge in [0.2, 0.25) is 0 Å². The van der Waals surface area contributed by atoms with Crippen LogP contribution in [0.3, 0.4) is 0 Å². The molecule has 21 heavy (non-hydrogen) atoms. The molecule has 0 radical (unpaired) electrons. The first kappa shape index (κ1) is 15.8. The quantitative estimate of drug-likeness (QED) is 0.658. The number of pyridine rings is 1. The van der Waals surface area contributed by atoms with Gasteiger partial charge in [0, 0.05) is 11.8 Å². The van der Waals surface area contributed by atoms with E-state index in [0.717, 1.165) is 5.69 Å². The molecule has 1 heterocycles. The van der Waals surface area contributed by atoms with Crippen molar-refractivity contribution in [3.63, 3.8) is 0 Å². The van der Waals surface area contributed by atoms with Gasteiger partial charge in [-0.25, -0.2) is 0 Å². The fourth-order valence-corrected chi connectivity index (χ4v) is 2.56. The molecule has 0 spiro atoms. The van der Waals surface area contributed by atoms with Gasteiger partial charge in [-0.05, 0) is 34.9 Å². The standard InChI is InChI=1S/C20H27N/c1-14-8-10-15(11-9-14)18-12-16(19(2,3)4)17(13-21-18)20(5,6)7/h8-13H,1-7H3. The van der Waals surface area contributed by atoms with Crippen LogP contribution in [0.25, 0.3) is 11.3 Å². The smallest absolute Gasteiger partial charge is 0.0705 e. The number of aromatic nitrogens is 1. The lowest BCUT2D eigenvalue weighted by molar-refractivity contribution is 0.528. The molecule has 1 aromatic heterocycles. The SMILES string of the molecule is Cc1ccc(-c2cc(C(C)(C)C)c(C(C)(C)C)cn2)cc1. The van der Waals surface area contributed by atoms with Crippen LogP contribution in [0.2, 0.25) is 0 Å². The molecule has 0 aliphatic heterocycles. The van der Waals surface area contributed by atoms with Gasteiger partial charge in [-0.15, -0.1) is 0 Å². The van der Waals surface area contributed by atoms with Gasteiger partial charge >= 0.3 is 0 Å². The summed E-state index contributed by atoms with van der Waals surface area (Å²) in [7, 11) is 0. The molecule has 0 N–H and O–H groups in total. The van der Waals surface area contributed by atoms with Crippen molar-refractivity contribution in [1.29, 1.82) is 0 Å². The van der Waals surface area contributed by atoms with E-state index in [1.54, 1.807) is 0 Å². The predicted molar refractivity (Wildman–Crippen MR) is 91.8 cm³/mol. The summed E-state index contributed by atoms with van der Waals surface area (Å²) in [5, 5.41) is 0. The van der Waals surface area contributed by atoms with Crippen LogP contribution in [0.4, 0.5) is 0 Å². The molecule has 2 aromatic rings. The van der Waals surface area contributed by atoms with E-state index in [-0.39, 0.29) is 10.8 Å². The number of hydrogen-bond donors (Lipinski definition) is 0. The normalized spacial score (nSPS) is 12.5. The zero-order valence-corrected chi connectivity index (χ0v) is 14.4. The Balaban J connectivity index is 2.60. The van der Waals surface area contributed by atoms with Crippen LogP contribution in [-0.2, 0) is 10.8 Å². The Bertz CT molecular complexity index is 622. The van der Waals surface area contributed by atoms with E-state index in [9.17, 15) is 0 Å². The summed E-state index contributed by atoms with van der Waals surface area (Å²) in [5.74, 6) is 0. The molecule has 112 valence electrons. The molecule has 0 aliphatic rings. The molecule has 0 unspecified atom stereocenters. The first-order chi connectivity index (χ1) is 9.59. The van der Waals surface area contributed by atoms with E-state index >= 15 is 0 Å². The van der Waals surface area contributed by atoms with Crippen LogP contribution >= 0.6 is 0 Å². The second kappa shape index (κ2) is 5.29. The summed E-state index contributed by atoms with van der Waals surface area (Å²) >= 11 is 0. The minimum Gasteiger partial charge on any atom is -0.256 e. The number of benzene rings is 1. The van der Waals surface area contributed by atoms with Gasteiger partial charge in [0.1, 0.15) is 0 Å². The van der Waals surface area contributed by atoms with Crippen molar-refractivity contribution in [1.82, 2.24) is 4.98 Å². The molecule has 0 atom stereocenters. The average molecular weight is 281 g/mol. The van der Waals surface area contributed by atoms with E-state index in [4.69, 9.17) is 4.98 Å². The second-order valence-corrected chi connectivity index (χ2v) is 7.98. The van der Waals surface area contributed by atoms with Gasteiger partial charge in [-0.1, -0.05) is 71.4 Å². The fourth-order valence-electron chi connectivity index (χ4n) is 2.56. The predicted octanol–water partition coefficient (Wildman–Crippen LogP) is 5.65. The van der Waals surface area contributed by atoms with E-state index in [1.807, 2.05) is 0 Å². The van der Waals surface area contributed by atoms with Crippen molar-refractivity contribution in [3.8, 4) is 11.3 Å². The summed E-state index contributed by atoms with van der Waals surface area (Å²) in [5.41, 5.74) is 6.49. The zero-order chi connectivity index (χ0) is 15.8. The molecular formula is C20H27N. The van der Waals surface area contributed by atoms with Crippen molar-refractivity contribution in [2.45, 2.75) is 59.3 Å². The first-order valence-corrected chi connectivity index (χ1v) is 7.67. The molecule has 2 rings (SSSR count). The monoisotopic (exact) mass is 281 g/mol. The number of aryl methyl sites for hydroxylation is 1. The summed E-state index contributed by atoms with van der Waals surface area (Å²) < 4.78 is 0. The number of rotatable bonds is 1. The first-order valence-electron chi connectivity index (χ1n) is 7.67. The molecule has 0 saturated carbocycles. The fraction of sp³-hybridized carbons (Fsp3) is 0.450. The third-order valence-electron chi connectivity index (χ3n) is 3.87. The van der Waals surface area contributed by atoms with E-state index in [2.05, 4.69) is 85.0 Å². The molecular weight excluding hydrogens is 254 g/mol. The van der Waals surface area contributed by atoms with Crippen LogP contribution < -0.4 is 0 Å².